The summed E-state index contributed by atoms with van der Waals surface area (Å²) in [7, 11) is 0. The van der Waals surface area contributed by atoms with Crippen LogP contribution in [0, 0.1) is 5.92 Å². The third-order valence-corrected chi connectivity index (χ3v) is 2.90. The number of carbonyl (C=O) groups excluding carboxylic acids is 2. The van der Waals surface area contributed by atoms with E-state index in [1.807, 2.05) is 12.1 Å². The highest BCUT2D eigenvalue weighted by Gasteiger charge is 2.24. The van der Waals surface area contributed by atoms with Crippen molar-refractivity contribution in [1.82, 2.24) is 10.6 Å². The number of ether oxygens (including phenoxy) is 1. The molecule has 1 saturated heterocycles. The fourth-order valence-corrected chi connectivity index (χ4v) is 1.71. The molecule has 2 amide bonds. The first-order valence-corrected chi connectivity index (χ1v) is 6.13. The van der Waals surface area contributed by atoms with E-state index in [4.69, 9.17) is 10.5 Å². The molecule has 0 unspecified atom stereocenters. The topological polar surface area (TPSA) is 93.5 Å². The lowest BCUT2D eigenvalue weighted by Gasteiger charge is -2.25. The molecule has 4 N–H and O–H groups in total. The van der Waals surface area contributed by atoms with Crippen LogP contribution < -0.4 is 21.1 Å². The van der Waals surface area contributed by atoms with Gasteiger partial charge < -0.3 is 21.1 Å². The molecule has 1 aliphatic heterocycles. The van der Waals surface area contributed by atoms with Crippen LogP contribution in [-0.2, 0) is 16.1 Å². The summed E-state index contributed by atoms with van der Waals surface area (Å²) < 4.78 is 5.20. The maximum absolute atomic E-state index is 11.7. The number of nitrogens with one attached hydrogen (secondary N) is 2. The Labute approximate surface area is 123 Å². The highest BCUT2D eigenvalue weighted by molar-refractivity contribution is 5.85. The van der Waals surface area contributed by atoms with E-state index in [0.717, 1.165) is 18.7 Å². The lowest BCUT2D eigenvalue weighted by Crippen LogP contribution is -2.50. The monoisotopic (exact) mass is 299 g/mol. The Bertz CT molecular complexity index is 478. The van der Waals surface area contributed by atoms with Crippen LogP contribution in [0.5, 0.6) is 5.75 Å². The van der Waals surface area contributed by atoms with Crippen molar-refractivity contribution in [1.29, 1.82) is 0 Å². The summed E-state index contributed by atoms with van der Waals surface area (Å²) in [5.74, 6) is 0.184. The molecule has 1 fully saturated rings. The fraction of sp³-hybridized carbons (Fsp3) is 0.385. The van der Waals surface area contributed by atoms with E-state index in [9.17, 15) is 9.59 Å². The molecule has 20 heavy (non-hydrogen) atoms. The van der Waals surface area contributed by atoms with Crippen molar-refractivity contribution in [3.8, 4) is 5.75 Å². The molecule has 0 radical (unpaired) electrons. The van der Waals surface area contributed by atoms with Gasteiger partial charge in [-0.3, -0.25) is 9.59 Å². The molecule has 2 rings (SSSR count). The number of amides is 2. The Morgan fingerprint density at radius 2 is 2.15 bits per heavy atom. The molecule has 0 spiro atoms. The van der Waals surface area contributed by atoms with Crippen molar-refractivity contribution in [2.24, 2.45) is 11.7 Å². The van der Waals surface area contributed by atoms with Gasteiger partial charge in [0, 0.05) is 19.6 Å². The largest absolute Gasteiger partial charge is 0.484 e. The summed E-state index contributed by atoms with van der Waals surface area (Å²) >= 11 is 0. The third kappa shape index (κ3) is 4.71. The molecule has 1 heterocycles. The van der Waals surface area contributed by atoms with Crippen molar-refractivity contribution < 1.29 is 14.3 Å². The molecule has 0 aliphatic carbocycles. The summed E-state index contributed by atoms with van der Waals surface area (Å²) in [4.78, 5) is 22.3. The Balaban J connectivity index is 0.00000200. The molecule has 6 nitrogen and oxygen atoms in total. The van der Waals surface area contributed by atoms with Crippen LogP contribution in [0.3, 0.4) is 0 Å². The maximum Gasteiger partial charge on any atom is 0.255 e. The maximum atomic E-state index is 11.7. The fourth-order valence-electron chi connectivity index (χ4n) is 1.71. The number of benzene rings is 1. The second kappa shape index (κ2) is 7.72. The molecule has 1 aromatic carbocycles. The first-order valence-electron chi connectivity index (χ1n) is 6.13. The Hall–Kier alpha value is -1.79. The summed E-state index contributed by atoms with van der Waals surface area (Å²) in [6.45, 7) is 1.79. The van der Waals surface area contributed by atoms with Gasteiger partial charge in [-0.2, -0.15) is 0 Å². The molecular formula is C13H18ClN3O3. The number of rotatable bonds is 6. The predicted octanol–water partition coefficient (Wildman–Crippen LogP) is -0.192. The van der Waals surface area contributed by atoms with Gasteiger partial charge in [-0.25, -0.2) is 0 Å². The zero-order chi connectivity index (χ0) is 13.7. The van der Waals surface area contributed by atoms with Crippen molar-refractivity contribution in [3.63, 3.8) is 0 Å². The van der Waals surface area contributed by atoms with E-state index >= 15 is 0 Å². The zero-order valence-corrected chi connectivity index (χ0v) is 11.7. The van der Waals surface area contributed by atoms with Crippen molar-refractivity contribution in [3.05, 3.63) is 29.8 Å². The molecule has 0 saturated carbocycles. The van der Waals surface area contributed by atoms with Crippen LogP contribution >= 0.6 is 12.4 Å². The normalized spacial score (nSPS) is 13.8. The lowest BCUT2D eigenvalue weighted by atomic mass is 10.0. The molecule has 1 aliphatic rings. The standard InChI is InChI=1S/C13H17N3O3.ClH/c14-12(17)8-19-11-3-1-2-9(4-11)5-16-13(18)10-6-15-7-10;/h1-4,10,15H,5-8H2,(H2,14,17)(H,16,18);1H. The number of carbonyl (C=O) groups is 2. The lowest BCUT2D eigenvalue weighted by molar-refractivity contribution is -0.126. The number of hydrogen-bond acceptors (Lipinski definition) is 4. The van der Waals surface area contributed by atoms with Crippen LogP contribution in [0.2, 0.25) is 0 Å². The summed E-state index contributed by atoms with van der Waals surface area (Å²) in [6.07, 6.45) is 0. The van der Waals surface area contributed by atoms with Crippen molar-refractivity contribution in [2.45, 2.75) is 6.54 Å². The SMILES string of the molecule is Cl.NC(=O)COc1cccc(CNC(=O)C2CNC2)c1. The minimum atomic E-state index is -0.517. The second-order valence-electron chi connectivity index (χ2n) is 4.48. The minimum Gasteiger partial charge on any atom is -0.484 e. The highest BCUT2D eigenvalue weighted by Crippen LogP contribution is 2.13. The smallest absolute Gasteiger partial charge is 0.255 e. The van der Waals surface area contributed by atoms with Crippen molar-refractivity contribution >= 4 is 24.2 Å². The average Bonchev–Trinajstić information content (AvgIpc) is 2.32. The average molecular weight is 300 g/mol. The van der Waals surface area contributed by atoms with Gasteiger partial charge in [0.1, 0.15) is 5.75 Å². The quantitative estimate of drug-likeness (QED) is 0.678. The molecule has 110 valence electrons. The minimum absolute atomic E-state index is 0. The molecule has 1 aromatic rings. The number of hydrogen-bond donors (Lipinski definition) is 3. The van der Waals surface area contributed by atoms with Crippen molar-refractivity contribution in [2.75, 3.05) is 19.7 Å². The molecule has 0 bridgehead atoms. The van der Waals surface area contributed by atoms with E-state index in [1.165, 1.54) is 0 Å². The van der Waals surface area contributed by atoms with Gasteiger partial charge in [-0.15, -0.1) is 12.4 Å². The highest BCUT2D eigenvalue weighted by atomic mass is 35.5. The van der Waals surface area contributed by atoms with Crippen LogP contribution in [-0.4, -0.2) is 31.5 Å². The van der Waals surface area contributed by atoms with Gasteiger partial charge >= 0.3 is 0 Å². The van der Waals surface area contributed by atoms with Crippen LogP contribution in [0.4, 0.5) is 0 Å². The second-order valence-corrected chi connectivity index (χ2v) is 4.48. The summed E-state index contributed by atoms with van der Waals surface area (Å²) in [5.41, 5.74) is 5.92. The zero-order valence-electron chi connectivity index (χ0n) is 10.9. The van der Waals surface area contributed by atoms with E-state index in [-0.39, 0.29) is 30.8 Å². The Morgan fingerprint density at radius 1 is 1.40 bits per heavy atom. The van der Waals surface area contributed by atoms with Crippen LogP contribution in [0.15, 0.2) is 24.3 Å². The van der Waals surface area contributed by atoms with Gasteiger partial charge in [0.2, 0.25) is 5.91 Å². The first kappa shape index (κ1) is 16.3. The first-order chi connectivity index (χ1) is 9.15. The molecule has 7 heteroatoms. The van der Waals surface area contributed by atoms with E-state index in [0.29, 0.717) is 12.3 Å². The van der Waals surface area contributed by atoms with Crippen LogP contribution in [0.1, 0.15) is 5.56 Å². The Kier molecular flexibility index (Phi) is 6.27. The van der Waals surface area contributed by atoms with Gasteiger partial charge in [0.05, 0.1) is 5.92 Å². The Morgan fingerprint density at radius 3 is 2.75 bits per heavy atom. The van der Waals surface area contributed by atoms with Gasteiger partial charge in [0.15, 0.2) is 6.61 Å². The summed E-state index contributed by atoms with van der Waals surface area (Å²) in [5, 5.41) is 5.92. The molecule has 0 aromatic heterocycles. The van der Waals surface area contributed by atoms with Gasteiger partial charge in [-0.1, -0.05) is 12.1 Å². The molecular weight excluding hydrogens is 282 g/mol. The van der Waals surface area contributed by atoms with Gasteiger partial charge in [0.25, 0.3) is 5.91 Å². The van der Waals surface area contributed by atoms with Crippen LogP contribution in [0.25, 0.3) is 0 Å². The van der Waals surface area contributed by atoms with Gasteiger partial charge in [-0.05, 0) is 17.7 Å². The number of primary amides is 1. The number of halogens is 1. The van der Waals surface area contributed by atoms with E-state index in [2.05, 4.69) is 10.6 Å². The molecule has 0 atom stereocenters. The number of nitrogens with two attached hydrogens (primary N) is 1. The summed E-state index contributed by atoms with van der Waals surface area (Å²) in [6, 6.07) is 7.21. The van der Waals surface area contributed by atoms with E-state index < -0.39 is 5.91 Å². The van der Waals surface area contributed by atoms with E-state index in [1.54, 1.807) is 12.1 Å². The third-order valence-electron chi connectivity index (χ3n) is 2.90. The predicted molar refractivity (Wildman–Crippen MR) is 76.6 cm³/mol.